The zero-order valence-corrected chi connectivity index (χ0v) is 10.9. The maximum atomic E-state index is 5.27. The lowest BCUT2D eigenvalue weighted by Gasteiger charge is -2.23. The number of nitrogens with zero attached hydrogens (tertiary/aromatic N) is 1. The Kier molecular flexibility index (Phi) is 10.3. The van der Waals surface area contributed by atoms with Crippen molar-refractivity contribution in [3.63, 3.8) is 0 Å². The first-order valence-electron chi connectivity index (χ1n) is 6.21. The average Bonchev–Trinajstić information content (AvgIpc) is 2.26. The fraction of sp³-hybridized carbons (Fsp3) is 1.00. The van der Waals surface area contributed by atoms with Crippen LogP contribution < -0.4 is 5.32 Å². The molecule has 0 heterocycles. The summed E-state index contributed by atoms with van der Waals surface area (Å²) in [7, 11) is 2.19. The van der Waals surface area contributed by atoms with Crippen LogP contribution in [0.5, 0.6) is 0 Å². The molecule has 0 bridgehead atoms. The molecule has 0 aromatic heterocycles. The molecule has 0 saturated carbocycles. The molecule has 0 fully saturated rings. The van der Waals surface area contributed by atoms with Crippen LogP contribution in [0.1, 0.15) is 33.6 Å². The van der Waals surface area contributed by atoms with E-state index < -0.39 is 0 Å². The molecule has 0 aromatic carbocycles. The highest BCUT2D eigenvalue weighted by molar-refractivity contribution is 4.62. The monoisotopic (exact) mass is 216 g/mol. The van der Waals surface area contributed by atoms with Gasteiger partial charge in [-0.2, -0.15) is 0 Å². The van der Waals surface area contributed by atoms with Crippen LogP contribution in [-0.2, 0) is 4.74 Å². The van der Waals surface area contributed by atoms with Gasteiger partial charge in [-0.3, -0.25) is 0 Å². The van der Waals surface area contributed by atoms with Gasteiger partial charge in [-0.15, -0.1) is 0 Å². The minimum absolute atomic E-state index is 0.690. The molecule has 1 atom stereocenters. The zero-order chi connectivity index (χ0) is 11.5. The molecule has 3 heteroatoms. The topological polar surface area (TPSA) is 24.5 Å². The van der Waals surface area contributed by atoms with Crippen LogP contribution >= 0.6 is 0 Å². The molecule has 0 radical (unpaired) electrons. The van der Waals surface area contributed by atoms with E-state index in [4.69, 9.17) is 4.74 Å². The van der Waals surface area contributed by atoms with Crippen LogP contribution in [0.25, 0.3) is 0 Å². The van der Waals surface area contributed by atoms with E-state index in [1.807, 2.05) is 6.92 Å². The summed E-state index contributed by atoms with van der Waals surface area (Å²) in [5, 5.41) is 3.43. The van der Waals surface area contributed by atoms with Gasteiger partial charge in [0.25, 0.3) is 0 Å². The van der Waals surface area contributed by atoms with Gasteiger partial charge in [-0.1, -0.05) is 6.92 Å². The van der Waals surface area contributed by atoms with Crippen LogP contribution in [0.2, 0.25) is 0 Å². The molecule has 0 rings (SSSR count). The van der Waals surface area contributed by atoms with Crippen molar-refractivity contribution in [2.75, 3.05) is 39.9 Å². The molecule has 0 aliphatic rings. The first-order chi connectivity index (χ1) is 7.22. The summed E-state index contributed by atoms with van der Waals surface area (Å²) < 4.78 is 5.27. The zero-order valence-electron chi connectivity index (χ0n) is 10.9. The molecule has 0 aromatic rings. The molecule has 1 N–H and O–H groups in total. The van der Waals surface area contributed by atoms with Crippen LogP contribution in [-0.4, -0.2) is 50.8 Å². The normalized spacial score (nSPS) is 13.4. The molecular weight excluding hydrogens is 188 g/mol. The van der Waals surface area contributed by atoms with Gasteiger partial charge >= 0.3 is 0 Å². The van der Waals surface area contributed by atoms with E-state index in [1.165, 1.54) is 6.42 Å². The molecule has 1 unspecified atom stereocenters. The van der Waals surface area contributed by atoms with Gasteiger partial charge in [0.2, 0.25) is 0 Å². The highest BCUT2D eigenvalue weighted by Crippen LogP contribution is 1.97. The third kappa shape index (κ3) is 8.85. The maximum absolute atomic E-state index is 5.27. The highest BCUT2D eigenvalue weighted by atomic mass is 16.5. The molecule has 0 aliphatic heterocycles. The number of rotatable bonds is 10. The summed E-state index contributed by atoms with van der Waals surface area (Å²) in [6.07, 6.45) is 2.34. The van der Waals surface area contributed by atoms with Gasteiger partial charge in [0.1, 0.15) is 0 Å². The molecule has 0 amide bonds. The lowest BCUT2D eigenvalue weighted by atomic mass is 10.2. The Balaban J connectivity index is 3.16. The van der Waals surface area contributed by atoms with Crippen LogP contribution in [0.3, 0.4) is 0 Å². The molecular formula is C12H28N2O. The number of hydrogen-bond acceptors (Lipinski definition) is 3. The fourth-order valence-electron chi connectivity index (χ4n) is 1.36. The summed E-state index contributed by atoms with van der Waals surface area (Å²) in [6, 6.07) is 0.690. The van der Waals surface area contributed by atoms with E-state index in [1.54, 1.807) is 0 Å². The van der Waals surface area contributed by atoms with Crippen LogP contribution in [0.4, 0.5) is 0 Å². The predicted molar refractivity (Wildman–Crippen MR) is 66.4 cm³/mol. The summed E-state index contributed by atoms with van der Waals surface area (Å²) >= 11 is 0. The number of likely N-dealkylation sites (N-methyl/N-ethyl adjacent to an activating group) is 1. The lowest BCUT2D eigenvalue weighted by Crippen LogP contribution is -2.35. The maximum Gasteiger partial charge on any atom is 0.0477 e. The van der Waals surface area contributed by atoms with Crippen LogP contribution in [0.15, 0.2) is 0 Å². The second-order valence-corrected chi connectivity index (χ2v) is 4.04. The van der Waals surface area contributed by atoms with E-state index in [-0.39, 0.29) is 0 Å². The van der Waals surface area contributed by atoms with E-state index in [0.717, 1.165) is 39.3 Å². The molecule has 92 valence electrons. The smallest absolute Gasteiger partial charge is 0.0477 e. The molecule has 0 spiro atoms. The minimum Gasteiger partial charge on any atom is -0.382 e. The Morgan fingerprint density at radius 1 is 1.27 bits per heavy atom. The first kappa shape index (κ1) is 14.9. The van der Waals surface area contributed by atoms with Crippen molar-refractivity contribution in [3.05, 3.63) is 0 Å². The van der Waals surface area contributed by atoms with E-state index in [0.29, 0.717) is 6.04 Å². The van der Waals surface area contributed by atoms with Crippen molar-refractivity contribution in [1.82, 2.24) is 10.2 Å². The Hall–Kier alpha value is -0.120. The third-order valence-electron chi connectivity index (χ3n) is 2.83. The van der Waals surface area contributed by atoms with Crippen LogP contribution in [0, 0.1) is 0 Å². The fourth-order valence-corrected chi connectivity index (χ4v) is 1.36. The quantitative estimate of drug-likeness (QED) is 0.563. The van der Waals surface area contributed by atoms with Crippen molar-refractivity contribution >= 4 is 0 Å². The largest absolute Gasteiger partial charge is 0.382 e. The second-order valence-electron chi connectivity index (χ2n) is 4.04. The van der Waals surface area contributed by atoms with E-state index >= 15 is 0 Å². The SMILES string of the molecule is CCOCCCNCCN(C)C(C)CC. The predicted octanol–water partition coefficient (Wildman–Crippen LogP) is 1.73. The lowest BCUT2D eigenvalue weighted by molar-refractivity contribution is 0.144. The van der Waals surface area contributed by atoms with Gasteiger partial charge in [-0.25, -0.2) is 0 Å². The Morgan fingerprint density at radius 3 is 2.60 bits per heavy atom. The van der Waals surface area contributed by atoms with E-state index in [2.05, 4.69) is 31.1 Å². The number of ether oxygens (including phenoxy) is 1. The minimum atomic E-state index is 0.690. The molecule has 15 heavy (non-hydrogen) atoms. The molecule has 3 nitrogen and oxygen atoms in total. The first-order valence-corrected chi connectivity index (χ1v) is 6.21. The van der Waals surface area contributed by atoms with Crippen molar-refractivity contribution in [1.29, 1.82) is 0 Å². The van der Waals surface area contributed by atoms with Crippen molar-refractivity contribution in [3.8, 4) is 0 Å². The Labute approximate surface area is 95.2 Å². The Morgan fingerprint density at radius 2 is 2.00 bits per heavy atom. The highest BCUT2D eigenvalue weighted by Gasteiger charge is 2.04. The van der Waals surface area contributed by atoms with Gasteiger partial charge in [0.05, 0.1) is 0 Å². The molecule has 0 saturated heterocycles. The number of nitrogens with one attached hydrogen (secondary N) is 1. The third-order valence-corrected chi connectivity index (χ3v) is 2.83. The van der Waals surface area contributed by atoms with Crippen molar-refractivity contribution in [2.45, 2.75) is 39.7 Å². The van der Waals surface area contributed by atoms with Crippen molar-refractivity contribution in [2.24, 2.45) is 0 Å². The molecule has 0 aliphatic carbocycles. The summed E-state index contributed by atoms with van der Waals surface area (Å²) in [5.74, 6) is 0. The summed E-state index contributed by atoms with van der Waals surface area (Å²) in [4.78, 5) is 2.40. The average molecular weight is 216 g/mol. The van der Waals surface area contributed by atoms with E-state index in [9.17, 15) is 0 Å². The second kappa shape index (κ2) is 10.4. The number of hydrogen-bond donors (Lipinski definition) is 1. The standard InChI is InChI=1S/C12H28N2O/c1-5-12(3)14(4)10-9-13-8-7-11-15-6-2/h12-13H,5-11H2,1-4H3. The van der Waals surface area contributed by atoms with Crippen molar-refractivity contribution < 1.29 is 4.74 Å². The summed E-state index contributed by atoms with van der Waals surface area (Å²) in [6.45, 7) is 11.5. The summed E-state index contributed by atoms with van der Waals surface area (Å²) in [5.41, 5.74) is 0. The van der Waals surface area contributed by atoms with Gasteiger partial charge in [-0.05, 0) is 40.3 Å². The van der Waals surface area contributed by atoms with Gasteiger partial charge in [0.15, 0.2) is 0 Å². The van der Waals surface area contributed by atoms with Gasteiger partial charge in [0, 0.05) is 32.3 Å². The van der Waals surface area contributed by atoms with Gasteiger partial charge < -0.3 is 15.0 Å². The Bertz CT molecular complexity index is 131.